The van der Waals surface area contributed by atoms with Crippen LogP contribution in [0, 0.1) is 0 Å². The Bertz CT molecular complexity index is 1300. The highest BCUT2D eigenvalue weighted by molar-refractivity contribution is 7.91. The molecule has 2 fully saturated rings. The fourth-order valence-electron chi connectivity index (χ4n) is 5.05. The zero-order chi connectivity index (χ0) is 26.0. The van der Waals surface area contributed by atoms with Gasteiger partial charge in [0.1, 0.15) is 18.3 Å². The van der Waals surface area contributed by atoms with Gasteiger partial charge in [-0.15, -0.1) is 0 Å². The van der Waals surface area contributed by atoms with Crippen molar-refractivity contribution in [2.75, 3.05) is 67.1 Å². The molecule has 0 radical (unpaired) electrons. The van der Waals surface area contributed by atoms with Crippen LogP contribution in [-0.4, -0.2) is 90.5 Å². The first-order valence-corrected chi connectivity index (χ1v) is 14.8. The Morgan fingerprint density at radius 2 is 1.49 bits per heavy atom. The number of piperazine rings is 1. The van der Waals surface area contributed by atoms with Crippen LogP contribution in [0.5, 0.6) is 0 Å². The number of β-amino-alcohol motifs (C(OH)–C–C–N with tert-alkyl or cyclic N) is 1. The van der Waals surface area contributed by atoms with Gasteiger partial charge in [0.2, 0.25) is 0 Å². The second-order valence-corrected chi connectivity index (χ2v) is 12.8. The van der Waals surface area contributed by atoms with E-state index in [4.69, 9.17) is 23.2 Å². The number of nitrogens with zero attached hydrogens (tertiary/aromatic N) is 6. The van der Waals surface area contributed by atoms with E-state index in [1.54, 1.807) is 29.2 Å². The number of benzene rings is 2. The Labute approximate surface area is 227 Å². The van der Waals surface area contributed by atoms with Crippen molar-refractivity contribution >= 4 is 44.4 Å². The van der Waals surface area contributed by atoms with Crippen molar-refractivity contribution in [1.82, 2.24) is 19.7 Å². The zero-order valence-corrected chi connectivity index (χ0v) is 22.7. The van der Waals surface area contributed by atoms with Gasteiger partial charge in [0.25, 0.3) is 0 Å². The molecule has 9 nitrogen and oxygen atoms in total. The molecule has 37 heavy (non-hydrogen) atoms. The summed E-state index contributed by atoms with van der Waals surface area (Å²) in [6.45, 7) is 4.86. The van der Waals surface area contributed by atoms with Gasteiger partial charge in [-0.1, -0.05) is 29.3 Å². The first-order valence-electron chi connectivity index (χ1n) is 12.2. The van der Waals surface area contributed by atoms with Gasteiger partial charge < -0.3 is 14.9 Å². The van der Waals surface area contributed by atoms with Gasteiger partial charge in [-0.3, -0.25) is 4.90 Å². The Hall–Kier alpha value is -2.37. The lowest BCUT2D eigenvalue weighted by Gasteiger charge is -2.40. The molecule has 1 N–H and O–H groups in total. The summed E-state index contributed by atoms with van der Waals surface area (Å²) in [5.74, 6) is 0.419. The zero-order valence-electron chi connectivity index (χ0n) is 20.4. The van der Waals surface area contributed by atoms with Crippen LogP contribution in [-0.2, 0) is 22.0 Å². The molecule has 0 aliphatic carbocycles. The van der Waals surface area contributed by atoms with Crippen molar-refractivity contribution in [3.05, 3.63) is 70.7 Å². The van der Waals surface area contributed by atoms with Crippen molar-refractivity contribution in [3.8, 4) is 0 Å². The van der Waals surface area contributed by atoms with Crippen LogP contribution in [0.1, 0.15) is 5.56 Å². The maximum Gasteiger partial charge on any atom is 0.153 e. The molecular weight excluding hydrogens is 535 g/mol. The second kappa shape index (κ2) is 10.8. The molecule has 3 heterocycles. The number of hydrogen-bond acceptors (Lipinski definition) is 8. The van der Waals surface area contributed by atoms with E-state index in [0.29, 0.717) is 35.2 Å². The molecule has 2 saturated heterocycles. The molecule has 0 spiro atoms. The quantitative estimate of drug-likeness (QED) is 0.467. The summed E-state index contributed by atoms with van der Waals surface area (Å²) >= 11 is 12.6. The maximum absolute atomic E-state index is 11.8. The van der Waals surface area contributed by atoms with Crippen LogP contribution in [0.3, 0.4) is 0 Å². The third-order valence-electron chi connectivity index (χ3n) is 7.10. The minimum Gasteiger partial charge on any atom is -0.382 e. The molecule has 2 aromatic carbocycles. The molecule has 1 unspecified atom stereocenters. The van der Waals surface area contributed by atoms with E-state index >= 15 is 0 Å². The molecule has 1 atom stereocenters. The number of aromatic nitrogens is 3. The summed E-state index contributed by atoms with van der Waals surface area (Å²) < 4.78 is 25.0. The van der Waals surface area contributed by atoms with Crippen LogP contribution in [0.15, 0.2) is 55.1 Å². The Kier molecular flexibility index (Phi) is 7.65. The molecule has 1 aromatic heterocycles. The van der Waals surface area contributed by atoms with Gasteiger partial charge >= 0.3 is 0 Å². The molecule has 2 aliphatic heterocycles. The van der Waals surface area contributed by atoms with E-state index in [0.717, 1.165) is 37.6 Å². The van der Waals surface area contributed by atoms with Crippen LogP contribution >= 0.6 is 23.2 Å². The standard InChI is InChI=1S/C25H30Cl2N6O3S/c26-20-1-6-23(24(27)15-20)25(34,17-33-19-28-18-29-33)16-30-7-9-31(10-8-30)21-2-4-22(5-3-21)32-11-13-37(35,36)14-12-32/h1-6,15,18-19,34H,7-14,16-17H2. The lowest BCUT2D eigenvalue weighted by Crippen LogP contribution is -2.52. The van der Waals surface area contributed by atoms with Crippen molar-refractivity contribution in [2.45, 2.75) is 12.1 Å². The number of hydrogen-bond donors (Lipinski definition) is 1. The van der Waals surface area contributed by atoms with E-state index in [1.807, 2.05) is 0 Å². The van der Waals surface area contributed by atoms with Crippen LogP contribution in [0.25, 0.3) is 0 Å². The Morgan fingerprint density at radius 1 is 0.865 bits per heavy atom. The predicted molar refractivity (Wildman–Crippen MR) is 146 cm³/mol. The molecular formula is C25H30Cl2N6O3S. The molecule has 3 aromatic rings. The van der Waals surface area contributed by atoms with Gasteiger partial charge in [-0.2, -0.15) is 5.10 Å². The van der Waals surface area contributed by atoms with Gasteiger partial charge in [0, 0.05) is 72.8 Å². The summed E-state index contributed by atoms with van der Waals surface area (Å²) in [4.78, 5) is 10.7. The molecule has 0 amide bonds. The van der Waals surface area contributed by atoms with Crippen molar-refractivity contribution in [2.24, 2.45) is 0 Å². The highest BCUT2D eigenvalue weighted by Gasteiger charge is 2.36. The fourth-order valence-corrected chi connectivity index (χ4v) is 6.83. The molecule has 0 saturated carbocycles. The number of anilines is 2. The van der Waals surface area contributed by atoms with Gasteiger partial charge in [0.05, 0.1) is 18.1 Å². The summed E-state index contributed by atoms with van der Waals surface area (Å²) in [5.41, 5.74) is 1.51. The number of aliphatic hydroxyl groups is 1. The summed E-state index contributed by atoms with van der Waals surface area (Å²) in [5, 5.41) is 16.9. The predicted octanol–water partition coefficient (Wildman–Crippen LogP) is 2.53. The molecule has 5 rings (SSSR count). The van der Waals surface area contributed by atoms with E-state index < -0.39 is 15.4 Å². The smallest absolute Gasteiger partial charge is 0.153 e. The monoisotopic (exact) mass is 564 g/mol. The molecule has 2 aliphatic rings. The first kappa shape index (κ1) is 26.2. The highest BCUT2D eigenvalue weighted by atomic mass is 35.5. The molecule has 0 bridgehead atoms. The van der Waals surface area contributed by atoms with E-state index in [2.05, 4.69) is 49.0 Å². The number of halogens is 2. The maximum atomic E-state index is 11.8. The SMILES string of the molecule is O=S1(=O)CCN(c2ccc(N3CCN(CC(O)(Cn4cncn4)c4ccc(Cl)cc4Cl)CC3)cc2)CC1. The topological polar surface area (TPSA) is 94.8 Å². The van der Waals surface area contributed by atoms with Crippen molar-refractivity contribution < 1.29 is 13.5 Å². The van der Waals surface area contributed by atoms with Crippen LogP contribution < -0.4 is 9.80 Å². The lowest BCUT2D eigenvalue weighted by molar-refractivity contribution is -0.0198. The molecule has 198 valence electrons. The summed E-state index contributed by atoms with van der Waals surface area (Å²) in [6, 6.07) is 13.5. The Morgan fingerprint density at radius 3 is 2.05 bits per heavy atom. The number of rotatable bonds is 7. The van der Waals surface area contributed by atoms with Crippen LogP contribution in [0.4, 0.5) is 11.4 Å². The Balaban J connectivity index is 1.23. The van der Waals surface area contributed by atoms with Gasteiger partial charge in [-0.25, -0.2) is 18.1 Å². The van der Waals surface area contributed by atoms with Crippen molar-refractivity contribution in [1.29, 1.82) is 0 Å². The largest absolute Gasteiger partial charge is 0.382 e. The summed E-state index contributed by atoms with van der Waals surface area (Å²) in [6.07, 6.45) is 3.03. The third kappa shape index (κ3) is 6.21. The van der Waals surface area contributed by atoms with Crippen molar-refractivity contribution in [3.63, 3.8) is 0 Å². The second-order valence-electron chi connectivity index (χ2n) is 9.67. The first-order chi connectivity index (χ1) is 17.7. The summed E-state index contributed by atoms with van der Waals surface area (Å²) in [7, 11) is -2.90. The lowest BCUT2D eigenvalue weighted by atomic mass is 9.92. The highest BCUT2D eigenvalue weighted by Crippen LogP contribution is 2.33. The van der Waals surface area contributed by atoms with Gasteiger partial charge in [-0.05, 0) is 36.4 Å². The van der Waals surface area contributed by atoms with Crippen LogP contribution in [0.2, 0.25) is 10.0 Å². The molecule has 12 heteroatoms. The number of sulfone groups is 1. The minimum absolute atomic E-state index is 0.210. The normalized spacial score (nSPS) is 20.1. The third-order valence-corrected chi connectivity index (χ3v) is 9.26. The fraction of sp³-hybridized carbons (Fsp3) is 0.440. The minimum atomic E-state index is -2.90. The van der Waals surface area contributed by atoms with E-state index in [1.165, 1.54) is 6.33 Å². The average Bonchev–Trinajstić information content (AvgIpc) is 3.37. The van der Waals surface area contributed by atoms with E-state index in [-0.39, 0.29) is 18.1 Å². The van der Waals surface area contributed by atoms with Gasteiger partial charge in [0.15, 0.2) is 9.84 Å². The average molecular weight is 566 g/mol. The van der Waals surface area contributed by atoms with E-state index in [9.17, 15) is 13.5 Å².